The minimum Gasteiger partial charge on any atom is -0.459 e. The van der Waals surface area contributed by atoms with Gasteiger partial charge in [-0.1, -0.05) is 22.0 Å². The number of fused-ring (bicyclic) bond motifs is 1. The first-order chi connectivity index (χ1) is 15.2. The quantitative estimate of drug-likeness (QED) is 0.371. The zero-order valence-corrected chi connectivity index (χ0v) is 20.6. The van der Waals surface area contributed by atoms with Crippen LogP contribution >= 0.6 is 15.9 Å². The zero-order chi connectivity index (χ0) is 23.2. The molecule has 1 amide bonds. The molecule has 4 rings (SSSR count). The third-order valence-electron chi connectivity index (χ3n) is 5.83. The standard InChI is InChI=1S/C24H26BrN5O2/c1-12-9-14(3)21(25)15(4)18(12)11-17-7-8-32-22(17)24(31)28-27-19-10-13(2)20-16(5)29-30(6)23(20)26-19/h7-10H,11H2,1-6H3,(H,26,27)(H,28,31). The number of anilines is 1. The number of carbonyl (C=O) groups excluding carboxylic acids is 1. The summed E-state index contributed by atoms with van der Waals surface area (Å²) in [6, 6.07) is 5.88. The number of aryl methyl sites for hydroxylation is 5. The summed E-state index contributed by atoms with van der Waals surface area (Å²) in [6.45, 7) is 10.2. The number of carbonyl (C=O) groups is 1. The second kappa shape index (κ2) is 8.43. The van der Waals surface area contributed by atoms with Crippen LogP contribution in [0.25, 0.3) is 11.0 Å². The van der Waals surface area contributed by atoms with Crippen molar-refractivity contribution < 1.29 is 9.21 Å². The molecule has 0 bridgehead atoms. The number of amides is 1. The number of rotatable bonds is 5. The van der Waals surface area contributed by atoms with Crippen LogP contribution in [0.4, 0.5) is 5.82 Å². The number of aromatic nitrogens is 3. The van der Waals surface area contributed by atoms with Crippen molar-refractivity contribution in [1.82, 2.24) is 20.2 Å². The minimum atomic E-state index is -0.354. The lowest BCUT2D eigenvalue weighted by Crippen LogP contribution is -2.30. The normalized spacial score (nSPS) is 11.2. The molecule has 0 unspecified atom stereocenters. The molecule has 0 aliphatic rings. The Morgan fingerprint density at radius 2 is 1.88 bits per heavy atom. The molecule has 7 nitrogen and oxygen atoms in total. The van der Waals surface area contributed by atoms with Gasteiger partial charge in [0.2, 0.25) is 0 Å². The maximum absolute atomic E-state index is 12.9. The maximum atomic E-state index is 12.9. The minimum absolute atomic E-state index is 0.280. The van der Waals surface area contributed by atoms with Gasteiger partial charge >= 0.3 is 5.91 Å². The van der Waals surface area contributed by atoms with Gasteiger partial charge in [-0.25, -0.2) is 4.98 Å². The van der Waals surface area contributed by atoms with E-state index in [0.717, 1.165) is 32.3 Å². The lowest BCUT2D eigenvalue weighted by atomic mass is 9.94. The molecule has 0 aliphatic carbocycles. The van der Waals surface area contributed by atoms with Gasteiger partial charge in [-0.05, 0) is 74.6 Å². The number of nitrogens with zero attached hydrogens (tertiary/aromatic N) is 3. The predicted octanol–water partition coefficient (Wildman–Crippen LogP) is 5.21. The maximum Gasteiger partial charge on any atom is 0.305 e. The van der Waals surface area contributed by atoms with Crippen molar-refractivity contribution in [3.63, 3.8) is 0 Å². The highest BCUT2D eigenvalue weighted by Gasteiger charge is 2.19. The first-order valence-corrected chi connectivity index (χ1v) is 11.2. The molecule has 2 N–H and O–H groups in total. The molecule has 8 heteroatoms. The Labute approximate surface area is 195 Å². The fourth-order valence-corrected chi connectivity index (χ4v) is 4.59. The molecule has 0 fully saturated rings. The van der Waals surface area contributed by atoms with E-state index in [4.69, 9.17) is 4.42 Å². The Bertz CT molecular complexity index is 1350. The molecular weight excluding hydrogens is 470 g/mol. The van der Waals surface area contributed by atoms with Gasteiger partial charge in [-0.15, -0.1) is 0 Å². The van der Waals surface area contributed by atoms with E-state index < -0.39 is 0 Å². The van der Waals surface area contributed by atoms with Gasteiger partial charge in [0.05, 0.1) is 12.0 Å². The van der Waals surface area contributed by atoms with E-state index in [1.165, 1.54) is 22.3 Å². The van der Waals surface area contributed by atoms with Gasteiger partial charge in [-0.2, -0.15) is 5.10 Å². The number of halogens is 1. The SMILES string of the molecule is Cc1cc(C)c(Cc2ccoc2C(=O)NNc2cc(C)c3c(C)nn(C)c3n2)c(C)c1Br. The summed E-state index contributed by atoms with van der Waals surface area (Å²) in [5.74, 6) is 0.461. The van der Waals surface area contributed by atoms with Crippen LogP contribution in [0.2, 0.25) is 0 Å². The molecule has 4 aromatic rings. The van der Waals surface area contributed by atoms with Gasteiger partial charge in [0, 0.05) is 28.9 Å². The van der Waals surface area contributed by atoms with Crippen LogP contribution in [0.3, 0.4) is 0 Å². The molecule has 0 saturated carbocycles. The topological polar surface area (TPSA) is 85.0 Å². The van der Waals surface area contributed by atoms with Gasteiger partial charge in [0.25, 0.3) is 0 Å². The first kappa shape index (κ1) is 22.1. The van der Waals surface area contributed by atoms with Crippen LogP contribution < -0.4 is 10.9 Å². The van der Waals surface area contributed by atoms with Gasteiger partial charge in [-0.3, -0.25) is 20.3 Å². The van der Waals surface area contributed by atoms with E-state index in [2.05, 4.69) is 63.7 Å². The Kier molecular flexibility index (Phi) is 5.81. The fraction of sp³-hybridized carbons (Fsp3) is 0.292. The summed E-state index contributed by atoms with van der Waals surface area (Å²) >= 11 is 3.67. The Morgan fingerprint density at radius 1 is 1.12 bits per heavy atom. The molecule has 166 valence electrons. The zero-order valence-electron chi connectivity index (χ0n) is 19.1. The number of benzene rings is 1. The molecular formula is C24H26BrN5O2. The molecule has 3 heterocycles. The van der Waals surface area contributed by atoms with Crippen LogP contribution in [0.1, 0.15) is 49.6 Å². The van der Waals surface area contributed by atoms with Crippen LogP contribution in [-0.2, 0) is 13.5 Å². The summed E-state index contributed by atoms with van der Waals surface area (Å²) in [5.41, 5.74) is 13.9. The highest BCUT2D eigenvalue weighted by atomic mass is 79.9. The number of furan rings is 1. The number of pyridine rings is 1. The number of hydrogen-bond donors (Lipinski definition) is 2. The van der Waals surface area contributed by atoms with Crippen molar-refractivity contribution >= 4 is 38.7 Å². The smallest absolute Gasteiger partial charge is 0.305 e. The fourth-order valence-electron chi connectivity index (χ4n) is 4.24. The Balaban J connectivity index is 1.54. The van der Waals surface area contributed by atoms with E-state index in [1.54, 1.807) is 10.9 Å². The van der Waals surface area contributed by atoms with Crippen LogP contribution in [0.5, 0.6) is 0 Å². The van der Waals surface area contributed by atoms with E-state index in [9.17, 15) is 4.79 Å². The van der Waals surface area contributed by atoms with Gasteiger partial charge in [0.15, 0.2) is 11.4 Å². The lowest BCUT2D eigenvalue weighted by Gasteiger charge is -2.14. The third-order valence-corrected chi connectivity index (χ3v) is 7.05. The van der Waals surface area contributed by atoms with E-state index in [1.807, 2.05) is 33.0 Å². The van der Waals surface area contributed by atoms with Gasteiger partial charge < -0.3 is 4.42 Å². The van der Waals surface area contributed by atoms with Crippen molar-refractivity contribution in [2.75, 3.05) is 5.43 Å². The number of hydrogen-bond acceptors (Lipinski definition) is 5. The average molecular weight is 496 g/mol. The van der Waals surface area contributed by atoms with Crippen LogP contribution in [0.15, 0.2) is 33.4 Å². The largest absolute Gasteiger partial charge is 0.459 e. The Hall–Kier alpha value is -3.13. The van der Waals surface area contributed by atoms with Crippen molar-refractivity contribution in [1.29, 1.82) is 0 Å². The lowest BCUT2D eigenvalue weighted by molar-refractivity contribution is 0.0934. The summed E-state index contributed by atoms with van der Waals surface area (Å²) in [7, 11) is 1.85. The number of nitrogens with one attached hydrogen (secondary N) is 2. The van der Waals surface area contributed by atoms with E-state index >= 15 is 0 Å². The highest BCUT2D eigenvalue weighted by molar-refractivity contribution is 9.10. The first-order valence-electron chi connectivity index (χ1n) is 10.4. The van der Waals surface area contributed by atoms with Gasteiger partial charge in [0.1, 0.15) is 5.82 Å². The molecule has 0 spiro atoms. The van der Waals surface area contributed by atoms with Crippen LogP contribution in [0, 0.1) is 34.6 Å². The summed E-state index contributed by atoms with van der Waals surface area (Å²) in [5, 5.41) is 5.45. The molecule has 1 aromatic carbocycles. The average Bonchev–Trinajstić information content (AvgIpc) is 3.32. The number of hydrazine groups is 1. The molecule has 32 heavy (non-hydrogen) atoms. The summed E-state index contributed by atoms with van der Waals surface area (Å²) in [6.07, 6.45) is 2.15. The van der Waals surface area contributed by atoms with E-state index in [0.29, 0.717) is 12.2 Å². The second-order valence-electron chi connectivity index (χ2n) is 8.19. The van der Waals surface area contributed by atoms with Crippen LogP contribution in [-0.4, -0.2) is 20.7 Å². The van der Waals surface area contributed by atoms with Crippen molar-refractivity contribution in [2.24, 2.45) is 7.05 Å². The highest BCUT2D eigenvalue weighted by Crippen LogP contribution is 2.29. The van der Waals surface area contributed by atoms with Crippen molar-refractivity contribution in [3.05, 3.63) is 73.8 Å². The van der Waals surface area contributed by atoms with E-state index in [-0.39, 0.29) is 11.7 Å². The molecule has 0 radical (unpaired) electrons. The second-order valence-corrected chi connectivity index (χ2v) is 8.98. The molecule has 0 saturated heterocycles. The van der Waals surface area contributed by atoms with Crippen molar-refractivity contribution in [2.45, 2.75) is 41.0 Å². The molecule has 3 aromatic heterocycles. The monoisotopic (exact) mass is 495 g/mol. The third kappa shape index (κ3) is 3.90. The summed E-state index contributed by atoms with van der Waals surface area (Å²) in [4.78, 5) is 17.5. The molecule has 0 aliphatic heterocycles. The molecule has 0 atom stereocenters. The van der Waals surface area contributed by atoms with Crippen molar-refractivity contribution in [3.8, 4) is 0 Å². The Morgan fingerprint density at radius 3 is 2.62 bits per heavy atom. The predicted molar refractivity (Wildman–Crippen MR) is 129 cm³/mol. The summed E-state index contributed by atoms with van der Waals surface area (Å²) < 4.78 is 8.37.